The molecule has 0 saturated carbocycles. The van der Waals surface area contributed by atoms with Crippen molar-refractivity contribution >= 4 is 11.9 Å². The lowest BCUT2D eigenvalue weighted by Gasteiger charge is -2.30. The van der Waals surface area contributed by atoms with E-state index >= 15 is 0 Å². The molecular weight excluding hydrogens is 401 g/mol. The Kier molecular flexibility index (Phi) is 8.49. The second kappa shape index (κ2) is 9.81. The first-order valence-electron chi connectivity index (χ1n) is 9.62. The predicted molar refractivity (Wildman–Crippen MR) is 106 cm³/mol. The molecule has 0 aliphatic heterocycles. The van der Waals surface area contributed by atoms with Gasteiger partial charge in [0, 0.05) is 13.0 Å². The van der Waals surface area contributed by atoms with Crippen molar-refractivity contribution in [1.29, 1.82) is 0 Å². The summed E-state index contributed by atoms with van der Waals surface area (Å²) >= 11 is 0. The van der Waals surface area contributed by atoms with Crippen LogP contribution in [0.3, 0.4) is 0 Å². The molecule has 30 heavy (non-hydrogen) atoms. The quantitative estimate of drug-likeness (QED) is 0.569. The van der Waals surface area contributed by atoms with Gasteiger partial charge in [-0.05, 0) is 59.2 Å². The molecule has 0 aliphatic rings. The number of hydrogen-bond acceptors (Lipinski definition) is 5. The summed E-state index contributed by atoms with van der Waals surface area (Å²) in [7, 11) is 1.42. The van der Waals surface area contributed by atoms with E-state index in [1.54, 1.807) is 41.5 Å². The van der Waals surface area contributed by atoms with Crippen LogP contribution in [0.4, 0.5) is 13.2 Å². The molecule has 0 spiro atoms. The highest BCUT2D eigenvalue weighted by Gasteiger charge is 2.37. The van der Waals surface area contributed by atoms with Crippen molar-refractivity contribution in [3.8, 4) is 0 Å². The minimum Gasteiger partial charge on any atom is -0.464 e. The normalized spacial score (nSPS) is 14.7. The van der Waals surface area contributed by atoms with E-state index in [0.717, 1.165) is 12.1 Å². The molecule has 1 rings (SSSR count). The molecule has 1 aromatic carbocycles. The second-order valence-corrected chi connectivity index (χ2v) is 9.17. The maximum absolute atomic E-state index is 12.9. The van der Waals surface area contributed by atoms with Crippen LogP contribution in [-0.2, 0) is 30.0 Å². The molecule has 2 atom stereocenters. The van der Waals surface area contributed by atoms with E-state index in [9.17, 15) is 22.8 Å². The Hall–Kier alpha value is -2.09. The number of hydrogen-bond donors (Lipinski definition) is 0. The van der Waals surface area contributed by atoms with Crippen LogP contribution in [0, 0.1) is 11.3 Å². The molecule has 0 bridgehead atoms. The lowest BCUT2D eigenvalue weighted by Crippen LogP contribution is -2.37. The van der Waals surface area contributed by atoms with Gasteiger partial charge < -0.3 is 14.2 Å². The summed E-state index contributed by atoms with van der Waals surface area (Å²) in [6.07, 6.45) is -4.47. The van der Waals surface area contributed by atoms with Gasteiger partial charge in [0.15, 0.2) is 0 Å². The number of ether oxygens (including phenoxy) is 3. The number of halogens is 3. The van der Waals surface area contributed by atoms with Gasteiger partial charge in [-0.15, -0.1) is 0 Å². The molecular formula is C22H31F3O5. The molecule has 0 heterocycles. The average Bonchev–Trinajstić information content (AvgIpc) is 2.57. The van der Waals surface area contributed by atoms with E-state index in [-0.39, 0.29) is 13.2 Å². The van der Waals surface area contributed by atoms with Crippen LogP contribution in [0.25, 0.3) is 0 Å². The molecule has 2 unspecified atom stereocenters. The fourth-order valence-corrected chi connectivity index (χ4v) is 2.65. The third kappa shape index (κ3) is 7.97. The number of benzene rings is 1. The third-order valence-corrected chi connectivity index (χ3v) is 4.21. The first-order chi connectivity index (χ1) is 13.6. The maximum atomic E-state index is 12.9. The molecule has 1 aromatic rings. The van der Waals surface area contributed by atoms with Crippen molar-refractivity contribution in [1.82, 2.24) is 0 Å². The van der Waals surface area contributed by atoms with E-state index in [0.29, 0.717) is 5.56 Å². The first kappa shape index (κ1) is 25.9. The molecule has 0 aromatic heterocycles. The number of carbonyl (C=O) groups is 2. The van der Waals surface area contributed by atoms with Gasteiger partial charge in [-0.25, -0.2) is 0 Å². The van der Waals surface area contributed by atoms with Crippen LogP contribution >= 0.6 is 0 Å². The van der Waals surface area contributed by atoms with Gasteiger partial charge in [0.2, 0.25) is 0 Å². The molecule has 0 fully saturated rings. The summed E-state index contributed by atoms with van der Waals surface area (Å²) in [5.41, 5.74) is -1.91. The van der Waals surface area contributed by atoms with Gasteiger partial charge in [0.1, 0.15) is 18.1 Å². The largest absolute Gasteiger partial charge is 0.464 e. The highest BCUT2D eigenvalue weighted by Crippen LogP contribution is 2.33. The first-order valence-corrected chi connectivity index (χ1v) is 9.62. The Labute approximate surface area is 175 Å². The average molecular weight is 432 g/mol. The van der Waals surface area contributed by atoms with Crippen LogP contribution in [0.15, 0.2) is 24.3 Å². The van der Waals surface area contributed by atoms with E-state index < -0.39 is 46.5 Å². The monoisotopic (exact) mass is 432 g/mol. The lowest BCUT2D eigenvalue weighted by molar-refractivity contribution is -0.168. The Bertz CT molecular complexity index is 712. The van der Waals surface area contributed by atoms with Gasteiger partial charge in [-0.2, -0.15) is 13.2 Å². The van der Waals surface area contributed by atoms with E-state index in [4.69, 9.17) is 14.2 Å². The van der Waals surface area contributed by atoms with Crippen molar-refractivity contribution < 1.29 is 37.0 Å². The van der Waals surface area contributed by atoms with Crippen molar-refractivity contribution in [2.75, 3.05) is 20.3 Å². The van der Waals surface area contributed by atoms with Gasteiger partial charge in [-0.1, -0.05) is 12.1 Å². The number of rotatable bonds is 7. The molecule has 0 saturated heterocycles. The summed E-state index contributed by atoms with van der Waals surface area (Å²) in [6.45, 7) is 9.90. The fourth-order valence-electron chi connectivity index (χ4n) is 2.65. The van der Waals surface area contributed by atoms with E-state index in [1.165, 1.54) is 19.2 Å². The van der Waals surface area contributed by atoms with Crippen LogP contribution in [0.1, 0.15) is 58.6 Å². The topological polar surface area (TPSA) is 61.8 Å². The van der Waals surface area contributed by atoms with Crippen LogP contribution in [0.5, 0.6) is 0 Å². The molecule has 0 amide bonds. The molecule has 5 nitrogen and oxygen atoms in total. The summed E-state index contributed by atoms with van der Waals surface area (Å²) in [5, 5.41) is 0. The number of methoxy groups -OCH3 is 1. The number of esters is 2. The molecule has 0 aliphatic carbocycles. The highest BCUT2D eigenvalue weighted by atomic mass is 19.4. The smallest absolute Gasteiger partial charge is 0.416 e. The van der Waals surface area contributed by atoms with Gasteiger partial charge in [-0.3, -0.25) is 9.59 Å². The predicted octanol–water partition coefficient (Wildman–Crippen LogP) is 4.98. The van der Waals surface area contributed by atoms with Crippen molar-refractivity contribution in [2.45, 2.75) is 59.2 Å². The van der Waals surface area contributed by atoms with Crippen molar-refractivity contribution in [3.63, 3.8) is 0 Å². The lowest BCUT2D eigenvalue weighted by atomic mass is 9.86. The Balaban J connectivity index is 3.25. The zero-order valence-corrected chi connectivity index (χ0v) is 18.6. The van der Waals surface area contributed by atoms with Crippen LogP contribution in [0.2, 0.25) is 0 Å². The minimum absolute atomic E-state index is 0.0301. The molecule has 0 radical (unpaired) electrons. The Morgan fingerprint density at radius 2 is 1.47 bits per heavy atom. The van der Waals surface area contributed by atoms with Crippen LogP contribution < -0.4 is 0 Å². The van der Waals surface area contributed by atoms with Crippen molar-refractivity contribution in [3.05, 3.63) is 35.4 Å². The summed E-state index contributed by atoms with van der Waals surface area (Å²) in [4.78, 5) is 25.1. The van der Waals surface area contributed by atoms with Crippen LogP contribution in [-0.4, -0.2) is 37.9 Å². The standard InChI is InChI=1S/C22H31F3O5/c1-20(2,3)19(27)29-13-17(18(26)30-21(4,5)6)16(12-28-7)14-8-10-15(11-9-14)22(23,24)25/h8-11,16-17H,12-13H2,1-7H3. The maximum Gasteiger partial charge on any atom is 0.416 e. The Morgan fingerprint density at radius 3 is 1.87 bits per heavy atom. The molecule has 170 valence electrons. The third-order valence-electron chi connectivity index (χ3n) is 4.21. The van der Waals surface area contributed by atoms with E-state index in [1.807, 2.05) is 0 Å². The summed E-state index contributed by atoms with van der Waals surface area (Å²) < 4.78 is 54.8. The highest BCUT2D eigenvalue weighted by molar-refractivity contribution is 5.77. The zero-order chi connectivity index (χ0) is 23.3. The number of alkyl halides is 3. The summed E-state index contributed by atoms with van der Waals surface area (Å²) in [6, 6.07) is 4.50. The summed E-state index contributed by atoms with van der Waals surface area (Å²) in [5.74, 6) is -2.74. The van der Waals surface area contributed by atoms with Gasteiger partial charge >= 0.3 is 18.1 Å². The zero-order valence-electron chi connectivity index (χ0n) is 18.6. The SMILES string of the molecule is COCC(c1ccc(C(F)(F)F)cc1)C(COC(=O)C(C)(C)C)C(=O)OC(C)(C)C. The van der Waals surface area contributed by atoms with Gasteiger partial charge in [0.05, 0.1) is 17.6 Å². The second-order valence-electron chi connectivity index (χ2n) is 9.17. The number of carbonyl (C=O) groups excluding carboxylic acids is 2. The minimum atomic E-state index is -4.47. The Morgan fingerprint density at radius 1 is 0.933 bits per heavy atom. The van der Waals surface area contributed by atoms with Gasteiger partial charge in [0.25, 0.3) is 0 Å². The molecule has 8 heteroatoms. The fraction of sp³-hybridized carbons (Fsp3) is 0.636. The van der Waals surface area contributed by atoms with Crippen molar-refractivity contribution in [2.24, 2.45) is 11.3 Å². The molecule has 0 N–H and O–H groups in total. The van der Waals surface area contributed by atoms with E-state index in [2.05, 4.69) is 0 Å².